The number of hydrogen-bond donors (Lipinski definition) is 3. The predicted molar refractivity (Wildman–Crippen MR) is 166 cm³/mol. The quantitative estimate of drug-likeness (QED) is 0.207. The van der Waals surface area contributed by atoms with E-state index >= 15 is 0 Å². The van der Waals surface area contributed by atoms with E-state index in [1.165, 1.54) is 35.8 Å². The maximum atomic E-state index is 14.4. The van der Waals surface area contributed by atoms with E-state index in [1.807, 2.05) is 0 Å². The van der Waals surface area contributed by atoms with Crippen molar-refractivity contribution in [2.24, 2.45) is 0 Å². The zero-order valence-electron chi connectivity index (χ0n) is 26.4. The molecule has 3 fully saturated rings. The first-order valence-electron chi connectivity index (χ1n) is 15.7. The fraction of sp³-hybridized carbons (Fsp3) is 0.548. The van der Waals surface area contributed by atoms with Crippen LogP contribution in [0.4, 0.5) is 26.3 Å². The molecule has 0 radical (unpaired) electrons. The van der Waals surface area contributed by atoms with E-state index in [0.29, 0.717) is 25.0 Å². The van der Waals surface area contributed by atoms with E-state index in [1.54, 1.807) is 0 Å². The van der Waals surface area contributed by atoms with E-state index in [0.717, 1.165) is 22.5 Å². The van der Waals surface area contributed by atoms with E-state index < -0.39 is 91.7 Å². The molecule has 6 rings (SSSR count). The molecule has 19 heteroatoms. The third kappa shape index (κ3) is 7.02. The zero-order chi connectivity index (χ0) is 36.2. The van der Waals surface area contributed by atoms with Crippen LogP contribution in [0.1, 0.15) is 48.1 Å². The number of rotatable bonds is 10. The third-order valence-corrected chi connectivity index (χ3v) is 13.4. The number of ether oxygens (including phenoxy) is 2. The van der Waals surface area contributed by atoms with Crippen molar-refractivity contribution in [2.45, 2.75) is 77.8 Å². The fourth-order valence-electron chi connectivity index (χ4n) is 6.56. The van der Waals surface area contributed by atoms with Gasteiger partial charge in [0.05, 0.1) is 34.5 Å². The van der Waals surface area contributed by atoms with Crippen LogP contribution in [0.15, 0.2) is 42.6 Å². The summed E-state index contributed by atoms with van der Waals surface area (Å²) >= 11 is 0.753. The number of aliphatic hydroxyl groups excluding tert-OH is 2. The molecule has 3 aromatic rings. The van der Waals surface area contributed by atoms with Gasteiger partial charge in [-0.2, -0.15) is 13.2 Å². The van der Waals surface area contributed by atoms with Crippen molar-refractivity contribution in [2.75, 3.05) is 26.8 Å². The number of methoxy groups -OCH3 is 1. The number of sulfonamides is 1. The van der Waals surface area contributed by atoms with Crippen molar-refractivity contribution >= 4 is 21.8 Å². The molecule has 0 unspecified atom stereocenters. The summed E-state index contributed by atoms with van der Waals surface area (Å²) in [5.74, 6) is -4.65. The molecule has 0 bridgehead atoms. The second-order valence-electron chi connectivity index (χ2n) is 12.6. The van der Waals surface area contributed by atoms with Crippen LogP contribution in [0.2, 0.25) is 0 Å². The number of piperidine rings is 1. The Kier molecular flexibility index (Phi) is 10.3. The molecule has 3 N–H and O–H groups in total. The van der Waals surface area contributed by atoms with Gasteiger partial charge in [0.15, 0.2) is 17.5 Å². The highest BCUT2D eigenvalue weighted by Crippen LogP contribution is 2.52. The Balaban J connectivity index is 1.36. The maximum Gasteiger partial charge on any atom is 0.416 e. The molecule has 3 heterocycles. The predicted octanol–water partition coefficient (Wildman–Crippen LogP) is 3.81. The molecule has 2 aliphatic heterocycles. The second-order valence-corrected chi connectivity index (χ2v) is 16.0. The lowest BCUT2D eigenvalue weighted by Gasteiger charge is -2.47. The number of hydrogen-bond acceptors (Lipinski definition) is 10. The number of nitrogens with zero attached hydrogens (tertiary/aromatic N) is 4. The summed E-state index contributed by atoms with van der Waals surface area (Å²) in [4.78, 5) is 0. The summed E-state index contributed by atoms with van der Waals surface area (Å²) in [6, 6.07) is 4.81. The van der Waals surface area contributed by atoms with Gasteiger partial charge in [-0.1, -0.05) is 23.4 Å². The molecule has 1 aliphatic carbocycles. The Morgan fingerprint density at radius 3 is 2.34 bits per heavy atom. The Morgan fingerprint density at radius 1 is 1.12 bits per heavy atom. The first-order valence-corrected chi connectivity index (χ1v) is 18.1. The van der Waals surface area contributed by atoms with Crippen molar-refractivity contribution in [3.63, 3.8) is 0 Å². The molecule has 50 heavy (non-hydrogen) atoms. The monoisotopic (exact) mass is 752 g/mol. The smallest absolute Gasteiger partial charge is 0.394 e. The van der Waals surface area contributed by atoms with Gasteiger partial charge in [0.2, 0.25) is 10.0 Å². The Hall–Kier alpha value is -2.78. The van der Waals surface area contributed by atoms with Crippen LogP contribution in [-0.4, -0.2) is 104 Å². The van der Waals surface area contributed by atoms with Crippen LogP contribution in [0, 0.1) is 17.5 Å². The summed E-state index contributed by atoms with van der Waals surface area (Å²) in [7, 11) is -2.39. The average Bonchev–Trinajstić information content (AvgIpc) is 3.84. The highest BCUT2D eigenvalue weighted by molar-refractivity contribution is 8.00. The topological polar surface area (TPSA) is 147 Å². The standard InChI is InChI=1S/C31H34F6N4O7S2/c1-47-27-25(41-14-22(38-39-41)16-12-20(32)24(34)21(33)13-16)26(43)23(15-42)48-29(27)49-28(18-4-2-3-5-19(18)31(35,36)37)30(44)8-10-40(11-9-30)50(45,46)17-6-7-17/h2-5,12-14,17,23,25-29,42-44H,6-11,15H2,1H3/t23-,25+,26+,27-,28-,29+/m1/s1. The first kappa shape index (κ1) is 37.0. The van der Waals surface area contributed by atoms with Gasteiger partial charge in [-0.3, -0.25) is 0 Å². The largest absolute Gasteiger partial charge is 0.416 e. The molecule has 0 spiro atoms. The summed E-state index contributed by atoms with van der Waals surface area (Å²) in [6.45, 7) is -1.03. The molecule has 6 atom stereocenters. The minimum atomic E-state index is -4.83. The average molecular weight is 753 g/mol. The molecule has 3 aliphatic rings. The van der Waals surface area contributed by atoms with Crippen LogP contribution >= 0.6 is 11.8 Å². The van der Waals surface area contributed by atoms with Crippen LogP contribution in [0.3, 0.4) is 0 Å². The minimum Gasteiger partial charge on any atom is -0.394 e. The highest BCUT2D eigenvalue weighted by atomic mass is 32.2. The van der Waals surface area contributed by atoms with Crippen LogP contribution < -0.4 is 0 Å². The highest BCUT2D eigenvalue weighted by Gasteiger charge is 2.53. The van der Waals surface area contributed by atoms with Crippen molar-refractivity contribution in [3.05, 3.63) is 71.2 Å². The normalized spacial score (nSPS) is 27.0. The van der Waals surface area contributed by atoms with E-state index in [2.05, 4.69) is 10.3 Å². The minimum absolute atomic E-state index is 0.125. The third-order valence-electron chi connectivity index (χ3n) is 9.39. The number of aromatic nitrogens is 3. The van der Waals surface area contributed by atoms with Gasteiger partial charge >= 0.3 is 6.18 Å². The zero-order valence-corrected chi connectivity index (χ0v) is 28.0. The summed E-state index contributed by atoms with van der Waals surface area (Å²) in [6.07, 6.45) is -7.18. The van der Waals surface area contributed by atoms with Crippen molar-refractivity contribution in [1.29, 1.82) is 0 Å². The number of aliphatic hydroxyl groups is 3. The Morgan fingerprint density at radius 2 is 1.76 bits per heavy atom. The van der Waals surface area contributed by atoms with Gasteiger partial charge in [-0.05, 0) is 49.4 Å². The van der Waals surface area contributed by atoms with Gasteiger partial charge in [-0.25, -0.2) is 30.6 Å². The van der Waals surface area contributed by atoms with E-state index in [-0.39, 0.29) is 42.8 Å². The number of halogens is 6. The van der Waals surface area contributed by atoms with Gasteiger partial charge < -0.3 is 24.8 Å². The number of benzene rings is 2. The Bertz CT molecular complexity index is 1780. The van der Waals surface area contributed by atoms with Gasteiger partial charge in [0.25, 0.3) is 0 Å². The van der Waals surface area contributed by atoms with Crippen LogP contribution in [0.5, 0.6) is 0 Å². The first-order chi connectivity index (χ1) is 23.6. The molecule has 11 nitrogen and oxygen atoms in total. The molecule has 2 saturated heterocycles. The molecular weight excluding hydrogens is 718 g/mol. The number of thioether (sulfide) groups is 1. The van der Waals surface area contributed by atoms with Gasteiger partial charge in [0, 0.05) is 25.8 Å². The molecule has 2 aromatic carbocycles. The maximum absolute atomic E-state index is 14.4. The van der Waals surface area contributed by atoms with Gasteiger partial charge in [0.1, 0.15) is 35.5 Å². The van der Waals surface area contributed by atoms with Crippen molar-refractivity contribution in [1.82, 2.24) is 19.3 Å². The molecular formula is C31H34F6N4O7S2. The van der Waals surface area contributed by atoms with Crippen molar-refractivity contribution in [3.8, 4) is 11.3 Å². The lowest BCUT2D eigenvalue weighted by molar-refractivity contribution is -0.186. The summed E-state index contributed by atoms with van der Waals surface area (Å²) in [5, 5.41) is 39.5. The van der Waals surface area contributed by atoms with Crippen LogP contribution in [-0.2, 0) is 25.7 Å². The molecule has 1 aromatic heterocycles. The second kappa shape index (κ2) is 14.0. The molecule has 274 valence electrons. The summed E-state index contributed by atoms with van der Waals surface area (Å²) in [5.41, 5.74) is -4.81. The Labute approximate surface area is 287 Å². The number of alkyl halides is 3. The summed E-state index contributed by atoms with van der Waals surface area (Å²) < 4.78 is 125. The SMILES string of the molecule is CO[C@@H]1[C@@H](n2cc(-c3cc(F)c(F)c(F)c3)nn2)[C@@H](O)[C@@H](CO)O[C@H]1S[C@H](c1ccccc1C(F)(F)F)C1(O)CCN(S(=O)(=O)C2CC2)CC1. The molecule has 1 saturated carbocycles. The van der Waals surface area contributed by atoms with E-state index in [9.17, 15) is 50.1 Å². The van der Waals surface area contributed by atoms with E-state index in [4.69, 9.17) is 9.47 Å². The molecule has 0 amide bonds. The van der Waals surface area contributed by atoms with Gasteiger partial charge in [-0.15, -0.1) is 16.9 Å². The fourth-order valence-corrected chi connectivity index (χ4v) is 10.1. The van der Waals surface area contributed by atoms with Crippen molar-refractivity contribution < 1.29 is 59.6 Å². The lowest BCUT2D eigenvalue weighted by Crippen LogP contribution is -2.56. The lowest BCUT2D eigenvalue weighted by atomic mass is 9.84. The van der Waals surface area contributed by atoms with Crippen LogP contribution in [0.25, 0.3) is 11.3 Å².